The first-order valence-corrected chi connectivity index (χ1v) is 22.4. The number of pyridine rings is 2. The van der Waals surface area contributed by atoms with Crippen LogP contribution in [0.1, 0.15) is 86.5 Å². The molecule has 68 heavy (non-hydrogen) atoms. The number of aryl methyl sites for hydroxylation is 2. The molecule has 2 fully saturated rings. The number of benzene rings is 4. The maximum absolute atomic E-state index is 13.9. The van der Waals surface area contributed by atoms with Crippen LogP contribution >= 0.6 is 0 Å². The summed E-state index contributed by atoms with van der Waals surface area (Å²) in [5.74, 6) is -2.99. The fourth-order valence-corrected chi connectivity index (χ4v) is 10.3. The van der Waals surface area contributed by atoms with Crippen LogP contribution in [0.2, 0.25) is 0 Å². The van der Waals surface area contributed by atoms with Gasteiger partial charge in [-0.05, 0) is 110 Å². The van der Waals surface area contributed by atoms with Crippen LogP contribution in [0.15, 0.2) is 60.9 Å². The SMILES string of the molecule is Cc1cc2c(-c3nc4cc(C(F)(F)F)ccn4c3NC3CCCCC3)c(O)c(O)cc2c(O)c1-c1c(C)cc2c(-c3nc4cc(C(F)(F)F)ccn4c3NC3CCCCC3)c(O)c(O)cc2c1O. The number of fused-ring (bicyclic) bond motifs is 4. The molecule has 0 radical (unpaired) electrons. The molecule has 0 saturated heterocycles. The smallest absolute Gasteiger partial charge is 0.416 e. The van der Waals surface area contributed by atoms with Crippen LogP contribution < -0.4 is 10.6 Å². The largest absolute Gasteiger partial charge is 0.507 e. The normalized spacial score (nSPS) is 15.6. The van der Waals surface area contributed by atoms with E-state index in [4.69, 9.17) is 0 Å². The van der Waals surface area contributed by atoms with Gasteiger partial charge in [-0.15, -0.1) is 0 Å². The summed E-state index contributed by atoms with van der Waals surface area (Å²) >= 11 is 0. The number of imidazole rings is 2. The number of anilines is 2. The second-order valence-corrected chi connectivity index (χ2v) is 18.1. The molecule has 0 unspecified atom stereocenters. The van der Waals surface area contributed by atoms with Gasteiger partial charge in [0, 0.05) is 46.4 Å². The second kappa shape index (κ2) is 16.2. The Kier molecular flexibility index (Phi) is 10.6. The molecule has 0 atom stereocenters. The second-order valence-electron chi connectivity index (χ2n) is 18.1. The molecule has 4 aromatic carbocycles. The van der Waals surface area contributed by atoms with Crippen molar-refractivity contribution >= 4 is 44.5 Å². The first kappa shape index (κ1) is 44.6. The van der Waals surface area contributed by atoms with Gasteiger partial charge < -0.3 is 41.3 Å². The number of phenols is 6. The Balaban J connectivity index is 1.17. The van der Waals surface area contributed by atoms with E-state index in [9.17, 15) is 57.0 Å². The first-order valence-electron chi connectivity index (χ1n) is 22.4. The van der Waals surface area contributed by atoms with E-state index >= 15 is 0 Å². The van der Waals surface area contributed by atoms with Crippen molar-refractivity contribution in [1.29, 1.82) is 0 Å². The number of halogens is 6. The molecule has 0 amide bonds. The Morgan fingerprint density at radius 1 is 0.485 bits per heavy atom. The van der Waals surface area contributed by atoms with Crippen LogP contribution in [0.5, 0.6) is 34.5 Å². The number of alkyl halides is 6. The van der Waals surface area contributed by atoms with E-state index in [1.54, 1.807) is 26.0 Å². The van der Waals surface area contributed by atoms with E-state index in [1.165, 1.54) is 21.2 Å². The highest BCUT2D eigenvalue weighted by molar-refractivity contribution is 6.12. The summed E-state index contributed by atoms with van der Waals surface area (Å²) in [5, 5.41) is 77.6. The van der Waals surface area contributed by atoms with Gasteiger partial charge in [-0.1, -0.05) is 38.5 Å². The Labute approximate surface area is 383 Å². The minimum atomic E-state index is -4.68. The summed E-state index contributed by atoms with van der Waals surface area (Å²) < 4.78 is 86.5. The minimum absolute atomic E-state index is 0.0120. The highest BCUT2D eigenvalue weighted by atomic mass is 19.4. The van der Waals surface area contributed by atoms with Crippen molar-refractivity contribution in [3.05, 3.63) is 83.2 Å². The zero-order chi connectivity index (χ0) is 48.1. The van der Waals surface area contributed by atoms with Crippen molar-refractivity contribution in [2.24, 2.45) is 0 Å². The summed E-state index contributed by atoms with van der Waals surface area (Å²) in [7, 11) is 0. The molecule has 354 valence electrons. The molecule has 2 saturated carbocycles. The van der Waals surface area contributed by atoms with Gasteiger partial charge in [0.25, 0.3) is 0 Å². The summed E-state index contributed by atoms with van der Waals surface area (Å²) in [6.07, 6.45) is 1.97. The number of nitrogens with one attached hydrogen (secondary N) is 2. The molecule has 18 heteroatoms. The van der Waals surface area contributed by atoms with Crippen molar-refractivity contribution in [2.75, 3.05) is 10.6 Å². The molecule has 2 aliphatic rings. The number of phenolic OH excluding ortho intramolecular Hbond substituents is 6. The Hall–Kier alpha value is -7.24. The fraction of sp³-hybridized carbons (Fsp3) is 0.320. The van der Waals surface area contributed by atoms with Crippen molar-refractivity contribution < 1.29 is 57.0 Å². The summed E-state index contributed by atoms with van der Waals surface area (Å²) in [4.78, 5) is 9.19. The zero-order valence-electron chi connectivity index (χ0n) is 36.7. The highest BCUT2D eigenvalue weighted by Crippen LogP contribution is 2.55. The molecule has 2 aliphatic carbocycles. The molecule has 0 spiro atoms. The maximum Gasteiger partial charge on any atom is 0.416 e. The van der Waals surface area contributed by atoms with Gasteiger partial charge in [-0.2, -0.15) is 26.3 Å². The third kappa shape index (κ3) is 7.40. The summed E-state index contributed by atoms with van der Waals surface area (Å²) in [5.41, 5.74) is -1.31. The fourth-order valence-electron chi connectivity index (χ4n) is 10.3. The number of hydrogen-bond acceptors (Lipinski definition) is 10. The average Bonchev–Trinajstić information content (AvgIpc) is 3.83. The van der Waals surface area contributed by atoms with Crippen LogP contribution in [0.25, 0.3) is 66.5 Å². The van der Waals surface area contributed by atoms with Gasteiger partial charge in [-0.25, -0.2) is 9.97 Å². The van der Waals surface area contributed by atoms with Crippen LogP contribution in [0.4, 0.5) is 38.0 Å². The molecule has 4 heterocycles. The molecule has 10 rings (SSSR count). The molecular weight excluding hydrogens is 895 g/mol. The van der Waals surface area contributed by atoms with E-state index in [0.717, 1.165) is 101 Å². The molecular formula is C50H46F6N6O6. The third-order valence-electron chi connectivity index (χ3n) is 13.7. The number of rotatable bonds is 7. The van der Waals surface area contributed by atoms with Crippen LogP contribution in [-0.4, -0.2) is 61.5 Å². The van der Waals surface area contributed by atoms with Crippen molar-refractivity contribution in [2.45, 2.75) is 102 Å². The Morgan fingerprint density at radius 2 is 0.853 bits per heavy atom. The zero-order valence-corrected chi connectivity index (χ0v) is 36.7. The molecule has 8 N–H and O–H groups in total. The topological polar surface area (TPSA) is 180 Å². The quantitative estimate of drug-likeness (QED) is 0.0566. The standard InChI is InChI=1S/C50H46F6N6O6/c1-23-17-29-31(21-33(63)45(67)39(29)41-47(57-27-9-5-3-6-10-27)61-15-13-25(49(51,52)53)19-35(61)59-41)43(65)37(23)38-24(2)18-30-32(44(38)66)22-34(64)46(68)40(30)42-48(58-28-11-7-4-8-12-28)62-16-14-26(50(54,55)56)20-36(62)60-42/h13-22,27-28,57-58,63-68H,3-12H2,1-2H3. The van der Waals surface area contributed by atoms with E-state index in [1.807, 2.05) is 0 Å². The highest BCUT2D eigenvalue weighted by Gasteiger charge is 2.35. The minimum Gasteiger partial charge on any atom is -0.507 e. The number of hydrogen-bond donors (Lipinski definition) is 8. The van der Waals surface area contributed by atoms with Crippen LogP contribution in [0, 0.1) is 13.8 Å². The van der Waals surface area contributed by atoms with E-state index in [0.29, 0.717) is 11.1 Å². The van der Waals surface area contributed by atoms with Gasteiger partial charge in [0.2, 0.25) is 0 Å². The maximum atomic E-state index is 13.9. The Morgan fingerprint density at radius 3 is 1.21 bits per heavy atom. The summed E-state index contributed by atoms with van der Waals surface area (Å²) in [6, 6.07) is 8.91. The van der Waals surface area contributed by atoms with Crippen molar-refractivity contribution in [1.82, 2.24) is 18.8 Å². The lowest BCUT2D eigenvalue weighted by Crippen LogP contribution is -2.23. The predicted octanol–water partition coefficient (Wildman–Crippen LogP) is 12.7. The van der Waals surface area contributed by atoms with Crippen LogP contribution in [-0.2, 0) is 12.4 Å². The van der Waals surface area contributed by atoms with Gasteiger partial charge in [-0.3, -0.25) is 8.80 Å². The van der Waals surface area contributed by atoms with E-state index < -0.39 is 58.0 Å². The van der Waals surface area contributed by atoms with Crippen LogP contribution in [0.3, 0.4) is 0 Å². The van der Waals surface area contributed by atoms with Gasteiger partial charge in [0.05, 0.1) is 22.3 Å². The molecule has 0 aliphatic heterocycles. The predicted molar refractivity (Wildman–Crippen MR) is 246 cm³/mol. The van der Waals surface area contributed by atoms with Crippen molar-refractivity contribution in [3.63, 3.8) is 0 Å². The van der Waals surface area contributed by atoms with Gasteiger partial charge in [0.1, 0.15) is 45.8 Å². The van der Waals surface area contributed by atoms with Gasteiger partial charge in [0.15, 0.2) is 23.0 Å². The first-order chi connectivity index (χ1) is 32.3. The Bertz CT molecular complexity index is 3130. The van der Waals surface area contributed by atoms with E-state index in [-0.39, 0.29) is 90.2 Å². The lowest BCUT2D eigenvalue weighted by molar-refractivity contribution is -0.138. The number of nitrogens with zero attached hydrogens (tertiary/aromatic N) is 4. The van der Waals surface area contributed by atoms with Crippen molar-refractivity contribution in [3.8, 4) is 68.1 Å². The molecule has 8 aromatic rings. The number of aromatic hydroxyl groups is 6. The average molecular weight is 941 g/mol. The lowest BCUT2D eigenvalue weighted by atomic mass is 9.86. The monoisotopic (exact) mass is 940 g/mol. The molecule has 0 bridgehead atoms. The van der Waals surface area contributed by atoms with Gasteiger partial charge >= 0.3 is 12.4 Å². The summed E-state index contributed by atoms with van der Waals surface area (Å²) in [6.45, 7) is 3.25. The third-order valence-corrected chi connectivity index (χ3v) is 13.7. The lowest BCUT2D eigenvalue weighted by Gasteiger charge is -2.25. The van der Waals surface area contributed by atoms with E-state index in [2.05, 4.69) is 20.6 Å². The molecule has 4 aromatic heterocycles. The molecule has 12 nitrogen and oxygen atoms in total. The number of aromatic nitrogens is 4.